The Kier molecular flexibility index (Phi) is 3.55. The summed E-state index contributed by atoms with van der Waals surface area (Å²) in [5.74, 6) is 0.719. The zero-order chi connectivity index (χ0) is 14.8. The van der Waals surface area contributed by atoms with E-state index in [0.717, 1.165) is 12.8 Å². The lowest BCUT2D eigenvalue weighted by molar-refractivity contribution is -0.122. The van der Waals surface area contributed by atoms with Crippen LogP contribution >= 0.6 is 0 Å². The average Bonchev–Trinajstić information content (AvgIpc) is 3.28. The first-order chi connectivity index (χ1) is 10.1. The first-order valence-electron chi connectivity index (χ1n) is 7.01. The van der Waals surface area contributed by atoms with E-state index in [-0.39, 0.29) is 24.3 Å². The topological polar surface area (TPSA) is 105 Å². The molecular weight excluding hydrogens is 272 g/mol. The number of hydrogen-bond acceptors (Lipinski definition) is 5. The van der Waals surface area contributed by atoms with Gasteiger partial charge >= 0.3 is 0 Å². The summed E-state index contributed by atoms with van der Waals surface area (Å²) in [5, 5.41) is 8.74. The van der Waals surface area contributed by atoms with Crippen LogP contribution in [0.2, 0.25) is 0 Å². The Morgan fingerprint density at radius 2 is 2.19 bits per heavy atom. The van der Waals surface area contributed by atoms with Crippen LogP contribution in [0.3, 0.4) is 0 Å². The van der Waals surface area contributed by atoms with Gasteiger partial charge < -0.3 is 26.4 Å². The Morgan fingerprint density at radius 3 is 2.95 bits per heavy atom. The predicted octanol–water partition coefficient (Wildman–Crippen LogP) is 0.538. The quantitative estimate of drug-likeness (QED) is 0.468. The van der Waals surface area contributed by atoms with Gasteiger partial charge in [-0.05, 0) is 18.9 Å². The number of hydrogen-bond donors (Lipinski definition) is 4. The second-order valence-electron chi connectivity index (χ2n) is 5.26. The largest absolute Gasteiger partial charge is 0.482 e. The molecule has 1 fully saturated rings. The molecule has 0 saturated heterocycles. The van der Waals surface area contributed by atoms with Gasteiger partial charge in [0.1, 0.15) is 5.75 Å². The Morgan fingerprint density at radius 1 is 1.38 bits per heavy atom. The van der Waals surface area contributed by atoms with E-state index in [4.69, 9.17) is 10.5 Å². The maximum atomic E-state index is 11.5. The summed E-state index contributed by atoms with van der Waals surface area (Å²) in [7, 11) is 0. The lowest BCUT2D eigenvalue weighted by atomic mass is 10.2. The van der Waals surface area contributed by atoms with E-state index >= 15 is 0 Å². The molecule has 0 bridgehead atoms. The molecule has 112 valence electrons. The van der Waals surface area contributed by atoms with Crippen molar-refractivity contribution in [3.63, 3.8) is 0 Å². The predicted molar refractivity (Wildman–Crippen MR) is 79.2 cm³/mol. The van der Waals surface area contributed by atoms with Gasteiger partial charge in [0.15, 0.2) is 6.61 Å². The minimum absolute atomic E-state index is 0.00636. The van der Waals surface area contributed by atoms with Crippen molar-refractivity contribution >= 4 is 28.9 Å². The summed E-state index contributed by atoms with van der Waals surface area (Å²) in [4.78, 5) is 22.8. The zero-order valence-corrected chi connectivity index (χ0v) is 11.6. The van der Waals surface area contributed by atoms with Crippen molar-refractivity contribution < 1.29 is 14.3 Å². The van der Waals surface area contributed by atoms with Crippen LogP contribution in [-0.2, 0) is 9.59 Å². The molecule has 0 spiro atoms. The molecule has 1 aliphatic carbocycles. The van der Waals surface area contributed by atoms with Crippen LogP contribution in [-0.4, -0.2) is 31.5 Å². The van der Waals surface area contributed by atoms with Crippen LogP contribution in [0.4, 0.5) is 17.1 Å². The minimum atomic E-state index is -0.185. The van der Waals surface area contributed by atoms with Crippen LogP contribution in [0.5, 0.6) is 5.75 Å². The maximum Gasteiger partial charge on any atom is 0.262 e. The molecule has 0 aromatic heterocycles. The molecule has 0 atom stereocenters. The van der Waals surface area contributed by atoms with Crippen molar-refractivity contribution in [2.45, 2.75) is 12.8 Å². The van der Waals surface area contributed by atoms with E-state index in [1.165, 1.54) is 0 Å². The van der Waals surface area contributed by atoms with Gasteiger partial charge in [0.05, 0.1) is 17.1 Å². The minimum Gasteiger partial charge on any atom is -0.482 e. The maximum absolute atomic E-state index is 11.5. The lowest BCUT2D eigenvalue weighted by Gasteiger charge is -2.20. The first-order valence-corrected chi connectivity index (χ1v) is 7.01. The second-order valence-corrected chi connectivity index (χ2v) is 5.26. The van der Waals surface area contributed by atoms with Gasteiger partial charge in [-0.15, -0.1) is 0 Å². The third-order valence-corrected chi connectivity index (χ3v) is 3.47. The van der Waals surface area contributed by atoms with Crippen molar-refractivity contribution in [3.8, 4) is 5.75 Å². The molecule has 1 heterocycles. The van der Waals surface area contributed by atoms with E-state index in [0.29, 0.717) is 35.9 Å². The Balaban J connectivity index is 1.56. The fourth-order valence-electron chi connectivity index (χ4n) is 2.17. The van der Waals surface area contributed by atoms with E-state index in [9.17, 15) is 9.59 Å². The van der Waals surface area contributed by atoms with E-state index in [1.54, 1.807) is 12.1 Å². The van der Waals surface area contributed by atoms with Gasteiger partial charge in [0.2, 0.25) is 5.91 Å². The molecular formula is C14H18N4O3. The van der Waals surface area contributed by atoms with Gasteiger partial charge in [-0.25, -0.2) is 0 Å². The molecule has 1 aromatic rings. The molecule has 7 nitrogen and oxygen atoms in total. The number of nitrogens with two attached hydrogens (primary N) is 1. The lowest BCUT2D eigenvalue weighted by Crippen LogP contribution is -2.30. The summed E-state index contributed by atoms with van der Waals surface area (Å²) < 4.78 is 5.29. The normalized spacial score (nSPS) is 16.5. The Hall–Kier alpha value is -2.44. The van der Waals surface area contributed by atoms with Crippen molar-refractivity contribution in [3.05, 3.63) is 12.1 Å². The molecule has 1 saturated carbocycles. The van der Waals surface area contributed by atoms with Crippen molar-refractivity contribution in [1.82, 2.24) is 5.32 Å². The number of fused-ring (bicyclic) bond motifs is 1. The van der Waals surface area contributed by atoms with Crippen LogP contribution in [0.25, 0.3) is 0 Å². The molecule has 1 aliphatic heterocycles. The number of nitrogens with one attached hydrogen (secondary N) is 3. The number of anilines is 3. The van der Waals surface area contributed by atoms with Crippen molar-refractivity contribution in [2.75, 3.05) is 36.1 Å². The van der Waals surface area contributed by atoms with E-state index in [2.05, 4.69) is 16.0 Å². The van der Waals surface area contributed by atoms with Crippen LogP contribution < -0.4 is 26.4 Å². The number of ether oxygens (including phenoxy) is 1. The van der Waals surface area contributed by atoms with Gasteiger partial charge in [0, 0.05) is 25.1 Å². The highest BCUT2D eigenvalue weighted by Gasteiger charge is 2.29. The smallest absolute Gasteiger partial charge is 0.262 e. The summed E-state index contributed by atoms with van der Waals surface area (Å²) in [6.45, 7) is 1.11. The highest BCUT2D eigenvalue weighted by Crippen LogP contribution is 2.35. The second kappa shape index (κ2) is 5.51. The van der Waals surface area contributed by atoms with Crippen LogP contribution in [0.15, 0.2) is 12.1 Å². The summed E-state index contributed by atoms with van der Waals surface area (Å²) in [6, 6.07) is 3.42. The molecule has 3 rings (SSSR count). The Labute approximate surface area is 122 Å². The summed E-state index contributed by atoms with van der Waals surface area (Å²) >= 11 is 0. The van der Waals surface area contributed by atoms with Gasteiger partial charge in [-0.3, -0.25) is 9.59 Å². The SMILES string of the molecule is Nc1cc2c(cc1NCCNC(=O)C1CC1)NC(=O)CO2. The van der Waals surface area contributed by atoms with Gasteiger partial charge in [-0.1, -0.05) is 0 Å². The third-order valence-electron chi connectivity index (χ3n) is 3.47. The fraction of sp³-hybridized carbons (Fsp3) is 0.429. The standard InChI is InChI=1S/C14H18N4O3/c15-9-5-12-11(18-13(19)7-21-12)6-10(9)16-3-4-17-14(20)8-1-2-8/h5-6,8,16H,1-4,7,15H2,(H,17,20)(H,18,19). The monoisotopic (exact) mass is 290 g/mol. The molecule has 0 unspecified atom stereocenters. The molecule has 7 heteroatoms. The number of nitrogen functional groups attached to an aromatic ring is 1. The number of amides is 2. The highest BCUT2D eigenvalue weighted by atomic mass is 16.5. The van der Waals surface area contributed by atoms with Crippen molar-refractivity contribution in [1.29, 1.82) is 0 Å². The van der Waals surface area contributed by atoms with Gasteiger partial charge in [-0.2, -0.15) is 0 Å². The fourth-order valence-corrected chi connectivity index (χ4v) is 2.17. The Bertz CT molecular complexity index is 584. The molecule has 2 amide bonds. The molecule has 5 N–H and O–H groups in total. The number of carbonyl (C=O) groups is 2. The van der Waals surface area contributed by atoms with Crippen LogP contribution in [0.1, 0.15) is 12.8 Å². The highest BCUT2D eigenvalue weighted by molar-refractivity contribution is 5.97. The van der Waals surface area contributed by atoms with Crippen LogP contribution in [0, 0.1) is 5.92 Å². The zero-order valence-electron chi connectivity index (χ0n) is 11.6. The van der Waals surface area contributed by atoms with E-state index in [1.807, 2.05) is 0 Å². The van der Waals surface area contributed by atoms with E-state index < -0.39 is 0 Å². The molecule has 0 radical (unpaired) electrons. The average molecular weight is 290 g/mol. The number of benzene rings is 1. The van der Waals surface area contributed by atoms with Crippen molar-refractivity contribution in [2.24, 2.45) is 5.92 Å². The number of rotatable bonds is 5. The third kappa shape index (κ3) is 3.18. The van der Waals surface area contributed by atoms with Gasteiger partial charge in [0.25, 0.3) is 5.91 Å². The first kappa shape index (κ1) is 13.5. The molecule has 21 heavy (non-hydrogen) atoms. The summed E-state index contributed by atoms with van der Waals surface area (Å²) in [6.07, 6.45) is 1.99. The number of carbonyl (C=O) groups excluding carboxylic acids is 2. The summed E-state index contributed by atoms with van der Waals surface area (Å²) in [5.41, 5.74) is 7.79. The molecule has 1 aromatic carbocycles. The molecule has 2 aliphatic rings.